The largest absolute Gasteiger partial charge is 0.465 e. The topological polar surface area (TPSA) is 63.6 Å². The molecule has 0 aliphatic carbocycles. The predicted octanol–water partition coefficient (Wildman–Crippen LogP) is 6.12. The summed E-state index contributed by atoms with van der Waals surface area (Å²) in [5.41, 5.74) is 3.58. The molecular formula is C25H20ClN3O3S. The summed E-state index contributed by atoms with van der Waals surface area (Å²) >= 11 is 7.77. The zero-order chi connectivity index (χ0) is 22.9. The number of fused-ring (bicyclic) bond motifs is 3. The van der Waals surface area contributed by atoms with Crippen molar-refractivity contribution in [1.29, 1.82) is 0 Å². The van der Waals surface area contributed by atoms with Gasteiger partial charge in [0.1, 0.15) is 6.04 Å². The third-order valence-electron chi connectivity index (χ3n) is 5.67. The minimum Gasteiger partial charge on any atom is -0.465 e. The highest BCUT2D eigenvalue weighted by Crippen LogP contribution is 2.38. The fourth-order valence-electron chi connectivity index (χ4n) is 4.18. The van der Waals surface area contributed by atoms with Crippen LogP contribution in [0.1, 0.15) is 32.5 Å². The van der Waals surface area contributed by atoms with Crippen molar-refractivity contribution in [1.82, 2.24) is 9.47 Å². The summed E-state index contributed by atoms with van der Waals surface area (Å²) in [5, 5.41) is 5.32. The average Bonchev–Trinajstić information content (AvgIpc) is 3.50. The lowest BCUT2D eigenvalue weighted by molar-refractivity contribution is 0.0602. The van der Waals surface area contributed by atoms with Gasteiger partial charge in [0.2, 0.25) is 0 Å². The van der Waals surface area contributed by atoms with E-state index in [-0.39, 0.29) is 17.6 Å². The summed E-state index contributed by atoms with van der Waals surface area (Å²) in [6, 6.07) is 20.1. The van der Waals surface area contributed by atoms with Crippen LogP contribution in [0.15, 0.2) is 78.3 Å². The Balaban J connectivity index is 1.60. The lowest BCUT2D eigenvalue weighted by atomic mass is 10.1. The Labute approximate surface area is 200 Å². The van der Waals surface area contributed by atoms with Gasteiger partial charge in [-0.1, -0.05) is 35.9 Å². The summed E-state index contributed by atoms with van der Waals surface area (Å²) < 4.78 is 7.01. The highest BCUT2D eigenvalue weighted by Gasteiger charge is 2.34. The quantitative estimate of drug-likeness (QED) is 0.362. The Bertz CT molecular complexity index is 1330. The summed E-state index contributed by atoms with van der Waals surface area (Å²) in [6.45, 7) is 0.389. The Morgan fingerprint density at radius 1 is 1.09 bits per heavy atom. The van der Waals surface area contributed by atoms with E-state index in [9.17, 15) is 9.59 Å². The number of methoxy groups -OCH3 is 1. The minimum atomic E-state index is -0.549. The molecule has 1 atom stereocenters. The van der Waals surface area contributed by atoms with Crippen LogP contribution in [0.3, 0.4) is 0 Å². The number of nitrogens with one attached hydrogen (secondary N) is 1. The van der Waals surface area contributed by atoms with Crippen LogP contribution < -0.4 is 5.32 Å². The molecule has 2 aromatic carbocycles. The molecule has 0 fully saturated rings. The van der Waals surface area contributed by atoms with E-state index < -0.39 is 5.97 Å². The summed E-state index contributed by atoms with van der Waals surface area (Å²) in [5.74, 6) is -0.549. The first kappa shape index (κ1) is 21.3. The molecule has 2 aromatic heterocycles. The number of nitrogens with zero attached hydrogens (tertiary/aromatic N) is 2. The highest BCUT2D eigenvalue weighted by atomic mass is 35.5. The van der Waals surface area contributed by atoms with E-state index in [1.54, 1.807) is 34.4 Å². The number of ether oxygens (including phenoxy) is 1. The molecule has 0 spiro atoms. The maximum atomic E-state index is 13.8. The monoisotopic (exact) mass is 477 g/mol. The number of carbonyl (C=O) groups is 2. The van der Waals surface area contributed by atoms with Gasteiger partial charge in [-0.25, -0.2) is 9.59 Å². The van der Waals surface area contributed by atoms with Crippen molar-refractivity contribution in [3.8, 4) is 5.69 Å². The van der Waals surface area contributed by atoms with E-state index in [0.717, 1.165) is 21.8 Å². The number of hydrogen-bond donors (Lipinski definition) is 1. The van der Waals surface area contributed by atoms with Gasteiger partial charge in [-0.3, -0.25) is 0 Å². The molecule has 0 bridgehead atoms. The van der Waals surface area contributed by atoms with Crippen molar-refractivity contribution in [2.45, 2.75) is 12.6 Å². The molecule has 0 saturated heterocycles. The van der Waals surface area contributed by atoms with Gasteiger partial charge in [0.05, 0.1) is 36.3 Å². The summed E-state index contributed by atoms with van der Waals surface area (Å²) in [4.78, 5) is 28.8. The van der Waals surface area contributed by atoms with E-state index in [4.69, 9.17) is 16.3 Å². The van der Waals surface area contributed by atoms with Crippen molar-refractivity contribution < 1.29 is 14.3 Å². The predicted molar refractivity (Wildman–Crippen MR) is 129 cm³/mol. The van der Waals surface area contributed by atoms with Crippen LogP contribution in [-0.2, 0) is 11.3 Å². The number of anilines is 1. The first-order chi connectivity index (χ1) is 16.1. The van der Waals surface area contributed by atoms with Gasteiger partial charge in [-0.15, -0.1) is 11.3 Å². The lowest BCUT2D eigenvalue weighted by Gasteiger charge is -2.30. The molecule has 33 heavy (non-hydrogen) atoms. The number of thiophene rings is 1. The second-order valence-corrected chi connectivity index (χ2v) is 9.00. The van der Waals surface area contributed by atoms with Crippen molar-refractivity contribution >= 4 is 40.6 Å². The third-order valence-corrected chi connectivity index (χ3v) is 6.83. The molecule has 1 N–H and O–H groups in total. The van der Waals surface area contributed by atoms with Gasteiger partial charge in [0, 0.05) is 16.1 Å². The molecule has 166 valence electrons. The van der Waals surface area contributed by atoms with Crippen LogP contribution in [0.5, 0.6) is 0 Å². The molecule has 2 amide bonds. The number of para-hydroxylation sites is 1. The van der Waals surface area contributed by atoms with Crippen molar-refractivity contribution in [3.63, 3.8) is 0 Å². The highest BCUT2D eigenvalue weighted by molar-refractivity contribution is 7.10. The zero-order valence-electron chi connectivity index (χ0n) is 17.7. The number of amides is 2. The maximum Gasteiger partial charge on any atom is 0.339 e. The van der Waals surface area contributed by atoms with Crippen LogP contribution in [0.25, 0.3) is 5.69 Å². The first-order valence-corrected chi connectivity index (χ1v) is 11.6. The number of esters is 1. The minimum absolute atomic E-state index is 0.238. The Morgan fingerprint density at radius 3 is 2.73 bits per heavy atom. The molecule has 1 aliphatic rings. The molecule has 8 heteroatoms. The van der Waals surface area contributed by atoms with Crippen LogP contribution in [0, 0.1) is 0 Å². The van der Waals surface area contributed by atoms with Crippen molar-refractivity contribution in [2.24, 2.45) is 0 Å². The van der Waals surface area contributed by atoms with Gasteiger partial charge >= 0.3 is 12.0 Å². The van der Waals surface area contributed by atoms with Crippen LogP contribution in [0.2, 0.25) is 5.02 Å². The molecule has 0 radical (unpaired) electrons. The second-order valence-electron chi connectivity index (χ2n) is 7.59. The first-order valence-electron chi connectivity index (χ1n) is 10.3. The molecule has 0 saturated carbocycles. The lowest BCUT2D eigenvalue weighted by Crippen LogP contribution is -2.38. The van der Waals surface area contributed by atoms with Gasteiger partial charge in [0.15, 0.2) is 0 Å². The van der Waals surface area contributed by atoms with E-state index in [2.05, 4.69) is 16.0 Å². The molecule has 0 unspecified atom stereocenters. The smallest absolute Gasteiger partial charge is 0.339 e. The van der Waals surface area contributed by atoms with E-state index >= 15 is 0 Å². The average molecular weight is 478 g/mol. The SMILES string of the molecule is COC(=O)c1ccc(Cl)cc1NC(=O)N1Cc2ccccc2-n2cccc2[C@H]1c1cccs1. The van der Waals surface area contributed by atoms with E-state index in [1.165, 1.54) is 7.11 Å². The summed E-state index contributed by atoms with van der Waals surface area (Å²) in [7, 11) is 1.30. The van der Waals surface area contributed by atoms with Gasteiger partial charge in [-0.05, 0) is 53.4 Å². The number of halogens is 1. The molecule has 5 rings (SSSR count). The van der Waals surface area contributed by atoms with E-state index in [1.807, 2.05) is 54.0 Å². The summed E-state index contributed by atoms with van der Waals surface area (Å²) in [6.07, 6.45) is 2.02. The maximum absolute atomic E-state index is 13.8. The van der Waals surface area contributed by atoms with E-state index in [0.29, 0.717) is 17.3 Å². The van der Waals surface area contributed by atoms with Gasteiger partial charge in [0.25, 0.3) is 0 Å². The van der Waals surface area contributed by atoms with Gasteiger partial charge in [-0.2, -0.15) is 0 Å². The van der Waals surface area contributed by atoms with Crippen LogP contribution >= 0.6 is 22.9 Å². The second kappa shape index (κ2) is 8.77. The zero-order valence-corrected chi connectivity index (χ0v) is 19.3. The molecule has 1 aliphatic heterocycles. The standard InChI is InChI=1S/C25H20ClN3O3S/c1-32-24(30)18-11-10-17(26)14-19(18)27-25(31)29-15-16-6-2-3-7-20(16)28-12-4-8-21(28)23(29)22-9-5-13-33-22/h2-14,23H,15H2,1H3,(H,27,31)/t23-/m0/s1. The molecule has 6 nitrogen and oxygen atoms in total. The fourth-order valence-corrected chi connectivity index (χ4v) is 5.20. The Kier molecular flexibility index (Phi) is 5.66. The number of benzene rings is 2. The molecular weight excluding hydrogens is 458 g/mol. The van der Waals surface area contributed by atoms with Crippen molar-refractivity contribution in [2.75, 3.05) is 12.4 Å². The number of urea groups is 1. The molecule has 3 heterocycles. The van der Waals surface area contributed by atoms with Gasteiger partial charge < -0.3 is 19.5 Å². The number of aromatic nitrogens is 1. The molecule has 4 aromatic rings. The van der Waals surface area contributed by atoms with Crippen LogP contribution in [0.4, 0.5) is 10.5 Å². The number of carbonyl (C=O) groups excluding carboxylic acids is 2. The Morgan fingerprint density at radius 2 is 1.94 bits per heavy atom. The third kappa shape index (κ3) is 3.90. The van der Waals surface area contributed by atoms with Crippen LogP contribution in [-0.4, -0.2) is 28.6 Å². The van der Waals surface area contributed by atoms with Crippen molar-refractivity contribution in [3.05, 3.63) is 105 Å². The Hall–Kier alpha value is -3.55. The number of hydrogen-bond acceptors (Lipinski definition) is 4. The fraction of sp³-hybridized carbons (Fsp3) is 0.120. The number of rotatable bonds is 3. The normalized spacial score (nSPS) is 14.7.